The second-order valence-corrected chi connectivity index (χ2v) is 4.69. The summed E-state index contributed by atoms with van der Waals surface area (Å²) in [6.07, 6.45) is 4.19. The normalized spacial score (nSPS) is 18.5. The molecule has 1 aliphatic heterocycles. The van der Waals surface area contributed by atoms with E-state index in [9.17, 15) is 0 Å². The Balaban J connectivity index is 1.93. The average Bonchev–Trinajstić information content (AvgIpc) is 3.02. The molecule has 1 N–H and O–H groups in total. The molecule has 1 aliphatic rings. The fourth-order valence-corrected chi connectivity index (χ4v) is 2.40. The van der Waals surface area contributed by atoms with Crippen molar-refractivity contribution in [2.45, 2.75) is 18.9 Å². The number of hydrogen-bond donors (Lipinski definition) is 1. The Morgan fingerprint density at radius 1 is 1.32 bits per heavy atom. The molecule has 3 rings (SSSR count). The second kappa shape index (κ2) is 5.36. The Hall–Kier alpha value is -1.94. The van der Waals surface area contributed by atoms with E-state index in [1.54, 1.807) is 7.11 Å². The highest BCUT2D eigenvalue weighted by Gasteiger charge is 2.18. The number of nitrogens with zero attached hydrogens (tertiary/aromatic N) is 2. The number of aromatic nitrogens is 2. The first-order chi connectivity index (χ1) is 9.36. The topological polar surface area (TPSA) is 47.0 Å². The first kappa shape index (κ1) is 12.1. The minimum Gasteiger partial charge on any atom is -0.497 e. The van der Waals surface area contributed by atoms with Crippen molar-refractivity contribution < 1.29 is 4.74 Å². The minimum absolute atomic E-state index is 0.368. The smallest absolute Gasteiger partial charge is 0.159 e. The predicted octanol–water partition coefficient (Wildman–Crippen LogP) is 2.58. The maximum Gasteiger partial charge on any atom is 0.159 e. The number of benzene rings is 1. The molecule has 1 aromatic heterocycles. The van der Waals surface area contributed by atoms with E-state index in [0.717, 1.165) is 35.8 Å². The molecule has 1 atom stereocenters. The Bertz CT molecular complexity index is 565. The van der Waals surface area contributed by atoms with Gasteiger partial charge in [0.15, 0.2) is 5.82 Å². The summed E-state index contributed by atoms with van der Waals surface area (Å²) >= 11 is 0. The van der Waals surface area contributed by atoms with Crippen molar-refractivity contribution in [2.24, 2.45) is 0 Å². The van der Waals surface area contributed by atoms with E-state index >= 15 is 0 Å². The van der Waals surface area contributed by atoms with E-state index in [-0.39, 0.29) is 0 Å². The number of hydrogen-bond acceptors (Lipinski definition) is 4. The Labute approximate surface area is 112 Å². The molecule has 4 heteroatoms. The van der Waals surface area contributed by atoms with Crippen molar-refractivity contribution in [3.05, 3.63) is 42.2 Å². The molecular formula is C15H17N3O. The summed E-state index contributed by atoms with van der Waals surface area (Å²) in [5.74, 6) is 1.58. The average molecular weight is 255 g/mol. The van der Waals surface area contributed by atoms with Crippen LogP contribution in [-0.2, 0) is 0 Å². The molecule has 1 aromatic carbocycles. The van der Waals surface area contributed by atoms with Crippen LogP contribution < -0.4 is 10.1 Å². The summed E-state index contributed by atoms with van der Waals surface area (Å²) in [7, 11) is 1.67. The maximum absolute atomic E-state index is 5.24. The number of methoxy groups -OCH3 is 1. The van der Waals surface area contributed by atoms with Crippen molar-refractivity contribution in [2.75, 3.05) is 13.7 Å². The van der Waals surface area contributed by atoms with Crippen LogP contribution >= 0.6 is 0 Å². The number of rotatable bonds is 3. The van der Waals surface area contributed by atoms with Gasteiger partial charge in [-0.05, 0) is 37.6 Å². The van der Waals surface area contributed by atoms with Gasteiger partial charge in [-0.15, -0.1) is 0 Å². The molecule has 19 heavy (non-hydrogen) atoms. The summed E-state index contributed by atoms with van der Waals surface area (Å²) in [6, 6.07) is 10.2. The van der Waals surface area contributed by atoms with Crippen LogP contribution in [-0.4, -0.2) is 23.6 Å². The van der Waals surface area contributed by atoms with Crippen LogP contribution in [0.4, 0.5) is 0 Å². The molecule has 0 saturated carbocycles. The van der Waals surface area contributed by atoms with E-state index in [0.29, 0.717) is 6.04 Å². The van der Waals surface area contributed by atoms with E-state index in [1.165, 1.54) is 6.42 Å². The van der Waals surface area contributed by atoms with Gasteiger partial charge >= 0.3 is 0 Å². The van der Waals surface area contributed by atoms with Crippen LogP contribution in [0.3, 0.4) is 0 Å². The molecule has 1 saturated heterocycles. The molecule has 0 amide bonds. The molecule has 1 fully saturated rings. The van der Waals surface area contributed by atoms with Gasteiger partial charge in [0.2, 0.25) is 0 Å². The van der Waals surface area contributed by atoms with Gasteiger partial charge in [0, 0.05) is 17.8 Å². The SMILES string of the molecule is COc1cccc(-c2nccc(C3CCCN3)n2)c1. The zero-order valence-electron chi connectivity index (χ0n) is 11.0. The van der Waals surface area contributed by atoms with Gasteiger partial charge in [-0.1, -0.05) is 12.1 Å². The Kier molecular flexibility index (Phi) is 3.42. The Morgan fingerprint density at radius 3 is 3.05 bits per heavy atom. The van der Waals surface area contributed by atoms with Crippen molar-refractivity contribution in [3.63, 3.8) is 0 Å². The van der Waals surface area contributed by atoms with Gasteiger partial charge < -0.3 is 10.1 Å². The van der Waals surface area contributed by atoms with Crippen LogP contribution in [0.5, 0.6) is 5.75 Å². The zero-order valence-corrected chi connectivity index (χ0v) is 11.0. The molecule has 4 nitrogen and oxygen atoms in total. The zero-order chi connectivity index (χ0) is 13.1. The largest absolute Gasteiger partial charge is 0.497 e. The fraction of sp³-hybridized carbons (Fsp3) is 0.333. The van der Waals surface area contributed by atoms with Crippen molar-refractivity contribution in [1.29, 1.82) is 0 Å². The third-order valence-corrected chi connectivity index (χ3v) is 3.42. The lowest BCUT2D eigenvalue weighted by Crippen LogP contribution is -2.14. The van der Waals surface area contributed by atoms with E-state index in [2.05, 4.69) is 15.3 Å². The molecule has 1 unspecified atom stereocenters. The van der Waals surface area contributed by atoms with E-state index < -0.39 is 0 Å². The molecule has 2 heterocycles. The Morgan fingerprint density at radius 2 is 2.26 bits per heavy atom. The van der Waals surface area contributed by atoms with Gasteiger partial charge in [0.25, 0.3) is 0 Å². The van der Waals surface area contributed by atoms with Crippen LogP contribution in [0.25, 0.3) is 11.4 Å². The minimum atomic E-state index is 0.368. The molecular weight excluding hydrogens is 238 g/mol. The molecule has 2 aromatic rings. The van der Waals surface area contributed by atoms with E-state index in [1.807, 2.05) is 36.5 Å². The summed E-state index contributed by atoms with van der Waals surface area (Å²) in [5.41, 5.74) is 2.06. The first-order valence-corrected chi connectivity index (χ1v) is 6.57. The maximum atomic E-state index is 5.24. The molecule has 0 aliphatic carbocycles. The lowest BCUT2D eigenvalue weighted by molar-refractivity contribution is 0.415. The summed E-state index contributed by atoms with van der Waals surface area (Å²) < 4.78 is 5.24. The van der Waals surface area contributed by atoms with Crippen LogP contribution in [0, 0.1) is 0 Å². The molecule has 0 radical (unpaired) electrons. The highest BCUT2D eigenvalue weighted by Crippen LogP contribution is 2.24. The van der Waals surface area contributed by atoms with Gasteiger partial charge in [0.05, 0.1) is 12.8 Å². The lowest BCUT2D eigenvalue weighted by Gasteiger charge is -2.10. The van der Waals surface area contributed by atoms with Crippen LogP contribution in [0.1, 0.15) is 24.6 Å². The fourth-order valence-electron chi connectivity index (χ4n) is 2.40. The van der Waals surface area contributed by atoms with Gasteiger partial charge in [-0.3, -0.25) is 0 Å². The summed E-state index contributed by atoms with van der Waals surface area (Å²) in [4.78, 5) is 9.03. The van der Waals surface area contributed by atoms with E-state index in [4.69, 9.17) is 4.74 Å². The standard InChI is InChI=1S/C15H17N3O/c1-19-12-5-2-4-11(10-12)15-17-9-7-14(18-15)13-6-3-8-16-13/h2,4-5,7,9-10,13,16H,3,6,8H2,1H3. The highest BCUT2D eigenvalue weighted by atomic mass is 16.5. The third kappa shape index (κ3) is 2.58. The lowest BCUT2D eigenvalue weighted by atomic mass is 10.1. The monoisotopic (exact) mass is 255 g/mol. The predicted molar refractivity (Wildman–Crippen MR) is 74.0 cm³/mol. The van der Waals surface area contributed by atoms with Gasteiger partial charge in [0.1, 0.15) is 5.75 Å². The van der Waals surface area contributed by atoms with Crippen molar-refractivity contribution in [1.82, 2.24) is 15.3 Å². The third-order valence-electron chi connectivity index (χ3n) is 3.42. The van der Waals surface area contributed by atoms with Crippen molar-refractivity contribution in [3.8, 4) is 17.1 Å². The van der Waals surface area contributed by atoms with Gasteiger partial charge in [-0.25, -0.2) is 9.97 Å². The quantitative estimate of drug-likeness (QED) is 0.915. The second-order valence-electron chi connectivity index (χ2n) is 4.69. The number of ether oxygens (including phenoxy) is 1. The molecule has 98 valence electrons. The highest BCUT2D eigenvalue weighted by molar-refractivity contribution is 5.57. The molecule has 0 bridgehead atoms. The number of nitrogens with one attached hydrogen (secondary N) is 1. The molecule has 0 spiro atoms. The first-order valence-electron chi connectivity index (χ1n) is 6.57. The van der Waals surface area contributed by atoms with Gasteiger partial charge in [-0.2, -0.15) is 0 Å². The van der Waals surface area contributed by atoms with Crippen LogP contribution in [0.15, 0.2) is 36.5 Å². The van der Waals surface area contributed by atoms with Crippen LogP contribution in [0.2, 0.25) is 0 Å². The van der Waals surface area contributed by atoms with Crippen molar-refractivity contribution >= 4 is 0 Å². The summed E-state index contributed by atoms with van der Waals surface area (Å²) in [5, 5.41) is 3.46. The summed E-state index contributed by atoms with van der Waals surface area (Å²) in [6.45, 7) is 1.07.